The number of likely N-dealkylation sites (N-methyl/N-ethyl adjacent to an activating group) is 1. The summed E-state index contributed by atoms with van der Waals surface area (Å²) in [6, 6.07) is 16.9. The monoisotopic (exact) mass is 402 g/mol. The number of aromatic nitrogens is 3. The van der Waals surface area contributed by atoms with Gasteiger partial charge in [-0.3, -0.25) is 14.6 Å². The molecule has 1 amide bonds. The van der Waals surface area contributed by atoms with Crippen LogP contribution in [-0.4, -0.2) is 27.7 Å². The molecule has 0 radical (unpaired) electrons. The molecular weight excluding hydrogens is 383 g/mol. The van der Waals surface area contributed by atoms with Crippen molar-refractivity contribution < 1.29 is 9.18 Å². The Morgan fingerprint density at radius 3 is 2.50 bits per heavy atom. The van der Waals surface area contributed by atoms with Crippen LogP contribution in [0.1, 0.15) is 11.3 Å². The van der Waals surface area contributed by atoms with Crippen LogP contribution in [0.5, 0.6) is 0 Å². The van der Waals surface area contributed by atoms with E-state index in [1.807, 2.05) is 24.3 Å². The maximum absolute atomic E-state index is 14.0. The third kappa shape index (κ3) is 3.82. The number of hydrogen-bond donors (Lipinski definition) is 0. The lowest BCUT2D eigenvalue weighted by molar-refractivity contribution is -0.119. The Bertz CT molecular complexity index is 1270. The van der Waals surface area contributed by atoms with Crippen molar-refractivity contribution in [2.75, 3.05) is 11.9 Å². The Hall–Kier alpha value is -3.87. The quantitative estimate of drug-likeness (QED) is 0.514. The van der Waals surface area contributed by atoms with E-state index in [1.54, 1.807) is 36.7 Å². The highest BCUT2D eigenvalue weighted by atomic mass is 19.1. The third-order valence-electron chi connectivity index (χ3n) is 4.91. The van der Waals surface area contributed by atoms with Crippen molar-refractivity contribution in [1.29, 1.82) is 0 Å². The Morgan fingerprint density at radius 1 is 1.03 bits per heavy atom. The summed E-state index contributed by atoms with van der Waals surface area (Å²) in [7, 11) is 1.48. The molecule has 7 heteroatoms. The van der Waals surface area contributed by atoms with Crippen molar-refractivity contribution in [3.8, 4) is 0 Å². The molecule has 0 saturated carbocycles. The number of carbonyl (C=O) groups excluding carboxylic acids is 1. The van der Waals surface area contributed by atoms with E-state index < -0.39 is 11.7 Å². The second-order valence-corrected chi connectivity index (χ2v) is 6.90. The van der Waals surface area contributed by atoms with E-state index in [4.69, 9.17) is 0 Å². The fraction of sp³-hybridized carbons (Fsp3) is 0.130. The summed E-state index contributed by atoms with van der Waals surface area (Å²) in [6.07, 6.45) is 3.89. The smallest absolute Gasteiger partial charge is 0.275 e. The summed E-state index contributed by atoms with van der Waals surface area (Å²) in [6.45, 7) is -0.297. The van der Waals surface area contributed by atoms with E-state index in [-0.39, 0.29) is 17.8 Å². The van der Waals surface area contributed by atoms with Crippen LogP contribution in [0.15, 0.2) is 77.9 Å². The molecule has 4 rings (SSSR count). The summed E-state index contributed by atoms with van der Waals surface area (Å²) in [5, 5.41) is 5.68. The van der Waals surface area contributed by atoms with Crippen LogP contribution in [-0.2, 0) is 17.8 Å². The van der Waals surface area contributed by atoms with Crippen LogP contribution in [0.4, 0.5) is 10.1 Å². The van der Waals surface area contributed by atoms with Crippen molar-refractivity contribution in [2.45, 2.75) is 13.0 Å². The first-order valence-electron chi connectivity index (χ1n) is 9.43. The second kappa shape index (κ2) is 8.24. The predicted octanol–water partition coefficient (Wildman–Crippen LogP) is 3.18. The largest absolute Gasteiger partial charge is 0.311 e. The third-order valence-corrected chi connectivity index (χ3v) is 4.91. The van der Waals surface area contributed by atoms with E-state index in [0.29, 0.717) is 17.5 Å². The van der Waals surface area contributed by atoms with Crippen LogP contribution in [0, 0.1) is 5.82 Å². The van der Waals surface area contributed by atoms with Gasteiger partial charge in [-0.15, -0.1) is 0 Å². The van der Waals surface area contributed by atoms with Gasteiger partial charge in [-0.2, -0.15) is 5.10 Å². The average Bonchev–Trinajstić information content (AvgIpc) is 2.77. The first kappa shape index (κ1) is 19.4. The molecular formula is C23H19FN4O2. The van der Waals surface area contributed by atoms with Gasteiger partial charge in [0.1, 0.15) is 12.4 Å². The van der Waals surface area contributed by atoms with Gasteiger partial charge in [-0.05, 0) is 29.8 Å². The van der Waals surface area contributed by atoms with Crippen LogP contribution in [0.3, 0.4) is 0 Å². The number of hydrogen-bond acceptors (Lipinski definition) is 4. The van der Waals surface area contributed by atoms with E-state index in [1.165, 1.54) is 24.1 Å². The second-order valence-electron chi connectivity index (χ2n) is 6.90. The van der Waals surface area contributed by atoms with Crippen LogP contribution in [0.2, 0.25) is 0 Å². The lowest BCUT2D eigenvalue weighted by Crippen LogP contribution is -2.36. The topological polar surface area (TPSA) is 68.1 Å². The van der Waals surface area contributed by atoms with Gasteiger partial charge in [0.2, 0.25) is 5.91 Å². The number of carbonyl (C=O) groups is 1. The Kier molecular flexibility index (Phi) is 5.34. The van der Waals surface area contributed by atoms with Crippen molar-refractivity contribution in [1.82, 2.24) is 14.8 Å². The molecule has 150 valence electrons. The predicted molar refractivity (Wildman–Crippen MR) is 113 cm³/mol. The van der Waals surface area contributed by atoms with Crippen molar-refractivity contribution in [3.05, 3.63) is 100 Å². The number of halogens is 1. The number of para-hydroxylation sites is 1. The molecule has 0 N–H and O–H groups in total. The highest BCUT2D eigenvalue weighted by Gasteiger charge is 2.18. The molecule has 30 heavy (non-hydrogen) atoms. The summed E-state index contributed by atoms with van der Waals surface area (Å²) in [5.74, 6) is -0.957. The number of amides is 1. The zero-order chi connectivity index (χ0) is 21.1. The highest BCUT2D eigenvalue weighted by Crippen LogP contribution is 2.19. The number of nitrogens with zero attached hydrogens (tertiary/aromatic N) is 4. The lowest BCUT2D eigenvalue weighted by Gasteiger charge is -2.19. The minimum atomic E-state index is -0.510. The molecule has 0 aliphatic heterocycles. The molecule has 0 atom stereocenters. The van der Waals surface area contributed by atoms with Gasteiger partial charge in [0, 0.05) is 31.2 Å². The van der Waals surface area contributed by atoms with E-state index in [2.05, 4.69) is 10.1 Å². The molecule has 0 aliphatic rings. The van der Waals surface area contributed by atoms with Crippen LogP contribution in [0.25, 0.3) is 10.8 Å². The fourth-order valence-electron chi connectivity index (χ4n) is 3.33. The summed E-state index contributed by atoms with van der Waals surface area (Å²) in [5.41, 5.74) is 1.39. The van der Waals surface area contributed by atoms with Crippen molar-refractivity contribution >= 4 is 22.4 Å². The van der Waals surface area contributed by atoms with Gasteiger partial charge in [0.05, 0.1) is 16.8 Å². The molecule has 0 unspecified atom stereocenters. The summed E-state index contributed by atoms with van der Waals surface area (Å²) < 4.78 is 15.2. The average molecular weight is 402 g/mol. The summed E-state index contributed by atoms with van der Waals surface area (Å²) >= 11 is 0. The normalized spacial score (nSPS) is 10.9. The molecule has 2 heterocycles. The highest BCUT2D eigenvalue weighted by molar-refractivity contribution is 5.93. The first-order chi connectivity index (χ1) is 14.5. The Balaban J connectivity index is 1.72. The number of rotatable bonds is 5. The zero-order valence-electron chi connectivity index (χ0n) is 16.3. The van der Waals surface area contributed by atoms with Crippen molar-refractivity contribution in [3.63, 3.8) is 0 Å². The minimum absolute atomic E-state index is 0.145. The molecule has 0 saturated heterocycles. The number of benzene rings is 2. The van der Waals surface area contributed by atoms with Gasteiger partial charge < -0.3 is 4.90 Å². The maximum atomic E-state index is 14.0. The standard InChI is InChI=1S/C23H19FN4O2/c1-27(21-11-5-4-10-19(21)24)22(29)15-28-23(30)18-9-3-2-8-17(18)20(26-28)13-16-7-6-12-25-14-16/h2-12,14H,13,15H2,1H3. The van der Waals surface area contributed by atoms with E-state index in [0.717, 1.165) is 15.6 Å². The van der Waals surface area contributed by atoms with Gasteiger partial charge >= 0.3 is 0 Å². The van der Waals surface area contributed by atoms with Gasteiger partial charge in [-0.25, -0.2) is 9.07 Å². The van der Waals surface area contributed by atoms with Crippen molar-refractivity contribution in [2.24, 2.45) is 0 Å². The van der Waals surface area contributed by atoms with E-state index >= 15 is 0 Å². The fourth-order valence-corrected chi connectivity index (χ4v) is 3.33. The first-order valence-corrected chi connectivity index (χ1v) is 9.43. The van der Waals surface area contributed by atoms with Crippen LogP contribution < -0.4 is 10.5 Å². The number of anilines is 1. The maximum Gasteiger partial charge on any atom is 0.275 e. The van der Waals surface area contributed by atoms with E-state index in [9.17, 15) is 14.0 Å². The molecule has 0 bridgehead atoms. The number of pyridine rings is 1. The van der Waals surface area contributed by atoms with Gasteiger partial charge in [0.25, 0.3) is 5.56 Å². The lowest BCUT2D eigenvalue weighted by atomic mass is 10.1. The molecule has 2 aromatic carbocycles. The summed E-state index contributed by atoms with van der Waals surface area (Å²) in [4.78, 5) is 31.0. The molecule has 0 fully saturated rings. The molecule has 4 aromatic rings. The SMILES string of the molecule is CN(C(=O)Cn1nc(Cc2cccnc2)c2ccccc2c1=O)c1ccccc1F. The molecule has 0 spiro atoms. The molecule has 2 aromatic heterocycles. The molecule has 6 nitrogen and oxygen atoms in total. The van der Waals surface area contributed by atoms with Gasteiger partial charge in [-0.1, -0.05) is 36.4 Å². The number of fused-ring (bicyclic) bond motifs is 1. The Labute approximate surface area is 172 Å². The van der Waals surface area contributed by atoms with Crippen LogP contribution >= 0.6 is 0 Å². The zero-order valence-corrected chi connectivity index (χ0v) is 16.3. The Morgan fingerprint density at radius 2 is 1.77 bits per heavy atom. The van der Waals surface area contributed by atoms with Gasteiger partial charge in [0.15, 0.2) is 0 Å². The molecule has 0 aliphatic carbocycles. The minimum Gasteiger partial charge on any atom is -0.311 e.